The van der Waals surface area contributed by atoms with E-state index < -0.39 is 0 Å². The quantitative estimate of drug-likeness (QED) is 0.375. The van der Waals surface area contributed by atoms with Crippen LogP contribution in [0.1, 0.15) is 5.56 Å². The molecule has 0 aliphatic heterocycles. The summed E-state index contributed by atoms with van der Waals surface area (Å²) >= 11 is 0. The van der Waals surface area contributed by atoms with Gasteiger partial charge >= 0.3 is 0 Å². The van der Waals surface area contributed by atoms with Crippen molar-refractivity contribution in [3.05, 3.63) is 34.5 Å². The fraction of sp³-hybridized carbons (Fsp3) is 0.167. The molecule has 0 aliphatic rings. The molecule has 0 unspecified atom stereocenters. The van der Waals surface area contributed by atoms with E-state index in [-0.39, 0.29) is 0 Å². The highest BCUT2D eigenvalue weighted by molar-refractivity contribution is 5.45. The molecule has 1 aromatic rings. The predicted molar refractivity (Wildman–Crippen MR) is 39.6 cm³/mol. The molecule has 0 atom stereocenters. The van der Waals surface area contributed by atoms with Gasteiger partial charge in [0.05, 0.1) is 6.20 Å². The lowest BCUT2D eigenvalue weighted by atomic mass is 10.3. The molecule has 0 N–H and O–H groups in total. The number of hydrogen-bond donors (Lipinski definition) is 0. The third-order valence-electron chi connectivity index (χ3n) is 1.01. The van der Waals surface area contributed by atoms with E-state index in [2.05, 4.69) is 19.7 Å². The van der Waals surface area contributed by atoms with E-state index in [4.69, 9.17) is 5.53 Å². The van der Waals surface area contributed by atoms with Crippen molar-refractivity contribution >= 4 is 6.08 Å². The first-order valence-electron chi connectivity index (χ1n) is 3.00. The molecule has 0 aromatic carbocycles. The largest absolute Gasteiger partial charge is 0.364 e. The SMILES string of the molecule is [N-]=[N+]=NCC=Cc1cnoc1. The number of rotatable bonds is 3. The number of aromatic nitrogens is 1. The predicted octanol–water partition coefficient (Wildman–Crippen LogP) is 2.00. The van der Waals surface area contributed by atoms with Crippen LogP contribution in [-0.4, -0.2) is 11.7 Å². The van der Waals surface area contributed by atoms with Gasteiger partial charge in [-0.2, -0.15) is 0 Å². The van der Waals surface area contributed by atoms with Crippen LogP contribution in [0.2, 0.25) is 0 Å². The van der Waals surface area contributed by atoms with E-state index >= 15 is 0 Å². The monoisotopic (exact) mass is 150 g/mol. The summed E-state index contributed by atoms with van der Waals surface area (Å²) in [4.78, 5) is 2.59. The Morgan fingerprint density at radius 2 is 2.73 bits per heavy atom. The second kappa shape index (κ2) is 4.14. The topological polar surface area (TPSA) is 74.8 Å². The molecule has 0 saturated heterocycles. The van der Waals surface area contributed by atoms with Gasteiger partial charge in [-0.15, -0.1) is 0 Å². The summed E-state index contributed by atoms with van der Waals surface area (Å²) in [5, 5.41) is 6.81. The third kappa shape index (κ3) is 2.55. The minimum absolute atomic E-state index is 0.349. The van der Waals surface area contributed by atoms with Gasteiger partial charge in [-0.3, -0.25) is 0 Å². The van der Waals surface area contributed by atoms with Gasteiger partial charge in [0.25, 0.3) is 0 Å². The van der Waals surface area contributed by atoms with Crippen molar-refractivity contribution in [2.75, 3.05) is 6.54 Å². The van der Waals surface area contributed by atoms with Gasteiger partial charge in [0, 0.05) is 17.0 Å². The van der Waals surface area contributed by atoms with Crippen LogP contribution >= 0.6 is 0 Å². The van der Waals surface area contributed by atoms with Crippen LogP contribution in [-0.2, 0) is 0 Å². The Morgan fingerprint density at radius 3 is 3.36 bits per heavy atom. The van der Waals surface area contributed by atoms with Crippen LogP contribution in [0.5, 0.6) is 0 Å². The molecule has 0 fully saturated rings. The number of azide groups is 1. The van der Waals surface area contributed by atoms with Crippen molar-refractivity contribution in [3.8, 4) is 0 Å². The van der Waals surface area contributed by atoms with E-state index in [1.165, 1.54) is 6.26 Å². The Kier molecular flexibility index (Phi) is 2.77. The third-order valence-corrected chi connectivity index (χ3v) is 1.01. The Hall–Kier alpha value is -1.74. The van der Waals surface area contributed by atoms with Gasteiger partial charge in [0.1, 0.15) is 6.26 Å². The summed E-state index contributed by atoms with van der Waals surface area (Å²) in [6.45, 7) is 0.349. The average molecular weight is 150 g/mol. The van der Waals surface area contributed by atoms with Crippen molar-refractivity contribution < 1.29 is 4.52 Å². The second-order valence-corrected chi connectivity index (χ2v) is 1.77. The Morgan fingerprint density at radius 1 is 1.82 bits per heavy atom. The minimum Gasteiger partial charge on any atom is -0.364 e. The van der Waals surface area contributed by atoms with E-state index in [0.29, 0.717) is 6.54 Å². The fourth-order valence-electron chi connectivity index (χ4n) is 0.568. The maximum atomic E-state index is 7.92. The zero-order valence-electron chi connectivity index (χ0n) is 5.71. The van der Waals surface area contributed by atoms with Crippen molar-refractivity contribution in [1.82, 2.24) is 5.16 Å². The van der Waals surface area contributed by atoms with Crippen LogP contribution in [0.4, 0.5) is 0 Å². The molecule has 1 rings (SSSR count). The maximum Gasteiger partial charge on any atom is 0.131 e. The Labute approximate surface area is 62.9 Å². The summed E-state index contributed by atoms with van der Waals surface area (Å²) in [5.41, 5.74) is 8.78. The minimum atomic E-state index is 0.349. The summed E-state index contributed by atoms with van der Waals surface area (Å²) in [6.07, 6.45) is 6.58. The molecule has 0 spiro atoms. The van der Waals surface area contributed by atoms with Crippen LogP contribution in [0.3, 0.4) is 0 Å². The molecule has 1 heterocycles. The van der Waals surface area contributed by atoms with E-state index in [9.17, 15) is 0 Å². The first-order valence-corrected chi connectivity index (χ1v) is 3.00. The Bertz CT molecular complexity index is 271. The van der Waals surface area contributed by atoms with E-state index in [0.717, 1.165) is 5.56 Å². The lowest BCUT2D eigenvalue weighted by Gasteiger charge is -1.77. The Balaban J connectivity index is 2.42. The van der Waals surface area contributed by atoms with Crippen LogP contribution in [0.15, 0.2) is 28.2 Å². The molecule has 11 heavy (non-hydrogen) atoms. The molecular weight excluding hydrogens is 144 g/mol. The van der Waals surface area contributed by atoms with Crippen molar-refractivity contribution in [1.29, 1.82) is 0 Å². The second-order valence-electron chi connectivity index (χ2n) is 1.77. The summed E-state index contributed by atoms with van der Waals surface area (Å²) in [6, 6.07) is 0. The first-order chi connectivity index (χ1) is 5.43. The summed E-state index contributed by atoms with van der Waals surface area (Å²) in [5.74, 6) is 0. The van der Waals surface area contributed by atoms with Gasteiger partial charge in [-0.05, 0) is 5.53 Å². The molecule has 0 amide bonds. The molecule has 5 heteroatoms. The smallest absolute Gasteiger partial charge is 0.131 e. The summed E-state index contributed by atoms with van der Waals surface area (Å²) < 4.78 is 4.57. The highest BCUT2D eigenvalue weighted by atomic mass is 16.5. The van der Waals surface area contributed by atoms with Gasteiger partial charge in [0.15, 0.2) is 0 Å². The normalized spacial score (nSPS) is 9.82. The highest BCUT2D eigenvalue weighted by Gasteiger charge is 1.85. The molecular formula is C6H6N4O. The molecule has 56 valence electrons. The van der Waals surface area contributed by atoms with E-state index in [1.807, 2.05) is 0 Å². The fourth-order valence-corrected chi connectivity index (χ4v) is 0.568. The van der Waals surface area contributed by atoms with Crippen LogP contribution in [0.25, 0.3) is 16.5 Å². The zero-order valence-corrected chi connectivity index (χ0v) is 5.71. The molecule has 0 saturated carbocycles. The maximum absolute atomic E-state index is 7.92. The number of hydrogen-bond acceptors (Lipinski definition) is 3. The van der Waals surface area contributed by atoms with Gasteiger partial charge in [-0.25, -0.2) is 0 Å². The molecule has 0 aliphatic carbocycles. The first kappa shape index (κ1) is 7.37. The van der Waals surface area contributed by atoms with Crippen LogP contribution in [0, 0.1) is 0 Å². The number of nitrogens with zero attached hydrogens (tertiary/aromatic N) is 4. The van der Waals surface area contributed by atoms with Crippen molar-refractivity contribution in [2.45, 2.75) is 0 Å². The van der Waals surface area contributed by atoms with Gasteiger partial charge < -0.3 is 4.52 Å². The van der Waals surface area contributed by atoms with Crippen molar-refractivity contribution in [2.24, 2.45) is 5.11 Å². The molecule has 1 aromatic heterocycles. The standard InChI is InChI=1S/C6H6N4O/c7-10-8-3-1-2-6-4-9-11-5-6/h1-2,4-5H,3H2. The van der Waals surface area contributed by atoms with Gasteiger partial charge in [0.2, 0.25) is 0 Å². The average Bonchev–Trinajstić information content (AvgIpc) is 2.50. The lowest BCUT2D eigenvalue weighted by molar-refractivity contribution is 0.419. The molecule has 5 nitrogen and oxygen atoms in total. The zero-order chi connectivity index (χ0) is 7.94. The van der Waals surface area contributed by atoms with Crippen LogP contribution < -0.4 is 0 Å². The lowest BCUT2D eigenvalue weighted by Crippen LogP contribution is -1.66. The van der Waals surface area contributed by atoms with Crippen molar-refractivity contribution in [3.63, 3.8) is 0 Å². The summed E-state index contributed by atoms with van der Waals surface area (Å²) in [7, 11) is 0. The molecule has 0 radical (unpaired) electrons. The van der Waals surface area contributed by atoms with E-state index in [1.54, 1.807) is 18.3 Å². The molecule has 0 bridgehead atoms. The van der Waals surface area contributed by atoms with Gasteiger partial charge in [-0.1, -0.05) is 22.4 Å². The highest BCUT2D eigenvalue weighted by Crippen LogP contribution is 1.98.